The number of hydrogen-bond acceptors (Lipinski definition) is 2. The molecule has 2 aromatic rings. The lowest BCUT2D eigenvalue weighted by atomic mass is 10.1. The maximum absolute atomic E-state index is 12.5. The lowest BCUT2D eigenvalue weighted by Crippen LogP contribution is -2.05. The largest absolute Gasteiger partial charge is 0.476 e. The van der Waals surface area contributed by atoms with Crippen molar-refractivity contribution in [2.24, 2.45) is 0 Å². The molecule has 1 aromatic carbocycles. The number of aromatic amines is 1. The number of alkyl halides is 3. The molecule has 0 aliphatic carbocycles. The molecule has 0 amide bonds. The van der Waals surface area contributed by atoms with Gasteiger partial charge in [-0.25, -0.2) is 4.79 Å². The van der Waals surface area contributed by atoms with Gasteiger partial charge in [0, 0.05) is 5.39 Å². The molecule has 1 heterocycles. The van der Waals surface area contributed by atoms with Gasteiger partial charge in [0.2, 0.25) is 0 Å². The first-order valence-corrected chi connectivity index (χ1v) is 4.19. The summed E-state index contributed by atoms with van der Waals surface area (Å²) in [4.78, 5) is 10.7. The van der Waals surface area contributed by atoms with E-state index in [-0.39, 0.29) is 10.9 Å². The summed E-state index contributed by atoms with van der Waals surface area (Å²) in [7, 11) is 0. The van der Waals surface area contributed by atoms with Crippen LogP contribution in [-0.2, 0) is 6.18 Å². The second-order valence-electron chi connectivity index (χ2n) is 3.10. The monoisotopic (exact) mass is 230 g/mol. The molecule has 0 radical (unpaired) electrons. The smallest absolute Gasteiger partial charge is 0.418 e. The molecule has 84 valence electrons. The van der Waals surface area contributed by atoms with Crippen molar-refractivity contribution in [2.45, 2.75) is 6.18 Å². The normalized spacial score (nSPS) is 11.9. The summed E-state index contributed by atoms with van der Waals surface area (Å²) in [6, 6.07) is 3.29. The molecule has 16 heavy (non-hydrogen) atoms. The van der Waals surface area contributed by atoms with E-state index in [0.29, 0.717) is 0 Å². The quantitative estimate of drug-likeness (QED) is 0.789. The number of rotatable bonds is 1. The summed E-state index contributed by atoms with van der Waals surface area (Å²) in [5.41, 5.74) is -1.65. The van der Waals surface area contributed by atoms with Gasteiger partial charge in [-0.15, -0.1) is 0 Å². The number of fused-ring (bicyclic) bond motifs is 1. The van der Waals surface area contributed by atoms with Crippen molar-refractivity contribution in [2.75, 3.05) is 0 Å². The minimum absolute atomic E-state index is 0.0534. The molecule has 0 bridgehead atoms. The van der Waals surface area contributed by atoms with Crippen LogP contribution in [0.3, 0.4) is 0 Å². The van der Waals surface area contributed by atoms with Crippen LogP contribution in [0.4, 0.5) is 13.2 Å². The zero-order valence-electron chi connectivity index (χ0n) is 7.67. The molecule has 4 nitrogen and oxygen atoms in total. The van der Waals surface area contributed by atoms with Crippen molar-refractivity contribution >= 4 is 16.9 Å². The first-order chi connectivity index (χ1) is 7.41. The van der Waals surface area contributed by atoms with Crippen molar-refractivity contribution < 1.29 is 23.1 Å². The van der Waals surface area contributed by atoms with Crippen LogP contribution in [0.1, 0.15) is 16.1 Å². The van der Waals surface area contributed by atoms with Crippen molar-refractivity contribution in [1.29, 1.82) is 0 Å². The van der Waals surface area contributed by atoms with Crippen molar-refractivity contribution in [3.63, 3.8) is 0 Å². The number of hydrogen-bond donors (Lipinski definition) is 2. The molecule has 2 N–H and O–H groups in total. The van der Waals surface area contributed by atoms with Gasteiger partial charge < -0.3 is 5.11 Å². The first-order valence-electron chi connectivity index (χ1n) is 4.19. The Morgan fingerprint density at radius 1 is 1.38 bits per heavy atom. The van der Waals surface area contributed by atoms with Gasteiger partial charge in [0.15, 0.2) is 5.69 Å². The number of carboxylic acids is 1. The van der Waals surface area contributed by atoms with Gasteiger partial charge in [0.1, 0.15) is 0 Å². The number of nitrogens with one attached hydrogen (secondary N) is 1. The number of aromatic nitrogens is 2. The molecule has 2 rings (SSSR count). The van der Waals surface area contributed by atoms with Crippen LogP contribution in [0.25, 0.3) is 10.9 Å². The van der Waals surface area contributed by atoms with Gasteiger partial charge in [0.25, 0.3) is 0 Å². The maximum atomic E-state index is 12.5. The van der Waals surface area contributed by atoms with Crippen molar-refractivity contribution in [3.05, 3.63) is 29.5 Å². The molecule has 0 aliphatic heterocycles. The van der Waals surface area contributed by atoms with Crippen LogP contribution in [0.15, 0.2) is 18.2 Å². The summed E-state index contributed by atoms with van der Waals surface area (Å²) in [6.45, 7) is 0. The minimum atomic E-state index is -4.54. The van der Waals surface area contributed by atoms with Gasteiger partial charge in [-0.2, -0.15) is 18.3 Å². The van der Waals surface area contributed by atoms with Gasteiger partial charge in [-0.05, 0) is 6.07 Å². The van der Waals surface area contributed by atoms with Crippen LogP contribution in [-0.4, -0.2) is 21.3 Å². The summed E-state index contributed by atoms with van der Waals surface area (Å²) in [5, 5.41) is 14.1. The predicted molar refractivity (Wildman–Crippen MR) is 48.1 cm³/mol. The van der Waals surface area contributed by atoms with E-state index in [9.17, 15) is 18.0 Å². The van der Waals surface area contributed by atoms with E-state index in [1.807, 2.05) is 0 Å². The van der Waals surface area contributed by atoms with Crippen LogP contribution >= 0.6 is 0 Å². The fourth-order valence-corrected chi connectivity index (χ4v) is 1.44. The molecule has 0 unspecified atom stereocenters. The Bertz CT molecular complexity index is 559. The number of carbonyl (C=O) groups is 1. The van der Waals surface area contributed by atoms with E-state index in [2.05, 4.69) is 10.2 Å². The van der Waals surface area contributed by atoms with E-state index < -0.39 is 23.4 Å². The van der Waals surface area contributed by atoms with Crippen molar-refractivity contribution in [1.82, 2.24) is 10.2 Å². The average molecular weight is 230 g/mol. The fourth-order valence-electron chi connectivity index (χ4n) is 1.44. The third-order valence-corrected chi connectivity index (χ3v) is 2.11. The van der Waals surface area contributed by atoms with E-state index in [0.717, 1.165) is 12.1 Å². The van der Waals surface area contributed by atoms with E-state index in [1.54, 1.807) is 0 Å². The van der Waals surface area contributed by atoms with Crippen LogP contribution in [0.2, 0.25) is 0 Å². The van der Waals surface area contributed by atoms with Gasteiger partial charge in [-0.3, -0.25) is 5.10 Å². The number of halogens is 3. The molecule has 0 atom stereocenters. The molecule has 0 aliphatic rings. The lowest BCUT2D eigenvalue weighted by molar-refractivity contribution is -0.136. The number of carboxylic acid groups (broad SMARTS) is 1. The third-order valence-electron chi connectivity index (χ3n) is 2.11. The number of para-hydroxylation sites is 1. The fraction of sp³-hybridized carbons (Fsp3) is 0.111. The SMILES string of the molecule is O=C(O)c1n[nH]c2c(C(F)(F)F)cccc12. The molecule has 0 saturated heterocycles. The second kappa shape index (κ2) is 3.22. The zero-order valence-corrected chi connectivity index (χ0v) is 7.67. The topological polar surface area (TPSA) is 66.0 Å². The van der Waals surface area contributed by atoms with Crippen LogP contribution in [0, 0.1) is 0 Å². The lowest BCUT2D eigenvalue weighted by Gasteiger charge is -2.06. The standard InChI is InChI=1S/C9H5F3N2O2/c10-9(11,12)5-3-1-2-4-6(5)13-14-7(4)8(15)16/h1-3H,(H,13,14)(H,15,16). The average Bonchev–Trinajstić information content (AvgIpc) is 2.58. The molecular formula is C9H5F3N2O2. The molecule has 1 aromatic heterocycles. The van der Waals surface area contributed by atoms with Gasteiger partial charge in [-0.1, -0.05) is 12.1 Å². The highest BCUT2D eigenvalue weighted by atomic mass is 19.4. The van der Waals surface area contributed by atoms with Crippen LogP contribution in [0.5, 0.6) is 0 Å². The van der Waals surface area contributed by atoms with Crippen LogP contribution < -0.4 is 0 Å². The summed E-state index contributed by atoms with van der Waals surface area (Å²) in [5.74, 6) is -1.37. The Kier molecular flexibility index (Phi) is 2.11. The maximum Gasteiger partial charge on any atom is 0.418 e. The summed E-state index contributed by atoms with van der Waals surface area (Å²) in [6.07, 6.45) is -4.54. The highest BCUT2D eigenvalue weighted by Crippen LogP contribution is 2.34. The third kappa shape index (κ3) is 1.50. The van der Waals surface area contributed by atoms with Gasteiger partial charge in [0.05, 0.1) is 11.1 Å². The van der Waals surface area contributed by atoms with Crippen molar-refractivity contribution in [3.8, 4) is 0 Å². The first kappa shape index (κ1) is 10.5. The molecule has 0 spiro atoms. The Balaban J connectivity index is 2.77. The van der Waals surface area contributed by atoms with E-state index >= 15 is 0 Å². The Morgan fingerprint density at radius 3 is 2.62 bits per heavy atom. The van der Waals surface area contributed by atoms with E-state index in [4.69, 9.17) is 5.11 Å². The molecular weight excluding hydrogens is 225 g/mol. The Labute approximate surface area is 86.7 Å². The highest BCUT2D eigenvalue weighted by molar-refractivity contribution is 6.01. The highest BCUT2D eigenvalue weighted by Gasteiger charge is 2.34. The number of benzene rings is 1. The molecule has 0 fully saturated rings. The molecule has 7 heteroatoms. The second-order valence-corrected chi connectivity index (χ2v) is 3.10. The Morgan fingerprint density at radius 2 is 2.06 bits per heavy atom. The zero-order chi connectivity index (χ0) is 11.9. The number of H-pyrrole nitrogens is 1. The Hall–Kier alpha value is -2.05. The summed E-state index contributed by atoms with van der Waals surface area (Å²) >= 11 is 0. The molecule has 0 saturated carbocycles. The minimum Gasteiger partial charge on any atom is -0.476 e. The number of nitrogens with zero attached hydrogens (tertiary/aromatic N) is 1. The summed E-state index contributed by atoms with van der Waals surface area (Å²) < 4.78 is 37.6. The van der Waals surface area contributed by atoms with Gasteiger partial charge >= 0.3 is 12.1 Å². The number of aromatic carboxylic acids is 1. The predicted octanol–water partition coefficient (Wildman–Crippen LogP) is 2.28. The van der Waals surface area contributed by atoms with E-state index in [1.165, 1.54) is 6.07 Å².